The van der Waals surface area contributed by atoms with E-state index in [0.29, 0.717) is 30.1 Å². The number of carbonyl (C=O) groups excluding carboxylic acids is 1. The summed E-state index contributed by atoms with van der Waals surface area (Å²) in [5.74, 6) is 1.45. The highest BCUT2D eigenvalue weighted by molar-refractivity contribution is 7.90. The molecule has 4 aliphatic rings. The predicted octanol–water partition coefficient (Wildman–Crippen LogP) is 4.33. The largest absolute Gasteiger partial charge is 0.393 e. The van der Waals surface area contributed by atoms with Crippen molar-refractivity contribution in [2.45, 2.75) is 111 Å². The molecule has 0 heterocycles. The first-order valence-electron chi connectivity index (χ1n) is 14.4. The van der Waals surface area contributed by atoms with Gasteiger partial charge in [-0.05, 0) is 103 Å². The first-order valence-corrected chi connectivity index (χ1v) is 16.4. The molecule has 4 fully saturated rings. The van der Waals surface area contributed by atoms with Crippen LogP contribution in [0, 0.1) is 45.3 Å². The Kier molecular flexibility index (Phi) is 7.49. The molecule has 7 heteroatoms. The van der Waals surface area contributed by atoms with Crippen molar-refractivity contribution < 1.29 is 23.4 Å². The van der Waals surface area contributed by atoms with Gasteiger partial charge in [0.15, 0.2) is 0 Å². The number of aliphatic hydroxyl groups excluding tert-OH is 2. The number of amides is 1. The third-order valence-corrected chi connectivity index (χ3v) is 13.8. The van der Waals surface area contributed by atoms with Gasteiger partial charge in [0, 0.05) is 19.2 Å². The van der Waals surface area contributed by atoms with Gasteiger partial charge in [0.2, 0.25) is 5.91 Å². The lowest BCUT2D eigenvalue weighted by Crippen LogP contribution is -2.64. The third-order valence-electron chi connectivity index (χ3n) is 12.8. The molecule has 3 N–H and O–H groups in total. The smallest absolute Gasteiger partial charge is 0.220 e. The fourth-order valence-corrected chi connectivity index (χ4v) is 10.4. The summed E-state index contributed by atoms with van der Waals surface area (Å²) in [6, 6.07) is 0. The highest BCUT2D eigenvalue weighted by Gasteiger charge is 2.69. The van der Waals surface area contributed by atoms with Gasteiger partial charge in [0.1, 0.15) is 9.84 Å². The van der Waals surface area contributed by atoms with Crippen LogP contribution in [0.3, 0.4) is 0 Å². The van der Waals surface area contributed by atoms with E-state index in [1.165, 1.54) is 6.26 Å². The lowest BCUT2D eigenvalue weighted by Gasteiger charge is -2.69. The molecule has 208 valence electrons. The summed E-state index contributed by atoms with van der Waals surface area (Å²) >= 11 is 0. The van der Waals surface area contributed by atoms with E-state index in [-0.39, 0.29) is 52.1 Å². The molecule has 4 aliphatic carbocycles. The number of sulfone groups is 1. The molecular formula is C29H51NO5S. The van der Waals surface area contributed by atoms with E-state index in [1.54, 1.807) is 0 Å². The van der Waals surface area contributed by atoms with E-state index in [2.05, 4.69) is 39.9 Å². The zero-order valence-corrected chi connectivity index (χ0v) is 24.3. The lowest BCUT2D eigenvalue weighted by atomic mass is 9.36. The van der Waals surface area contributed by atoms with E-state index in [4.69, 9.17) is 0 Å². The molecule has 0 unspecified atom stereocenters. The summed E-state index contributed by atoms with van der Waals surface area (Å²) in [6.45, 7) is 12.3. The molecule has 6 nitrogen and oxygen atoms in total. The molecule has 0 spiro atoms. The van der Waals surface area contributed by atoms with Crippen LogP contribution in [-0.2, 0) is 14.6 Å². The Hall–Kier alpha value is -0.660. The molecule has 0 aromatic rings. The highest BCUT2D eigenvalue weighted by Crippen LogP contribution is 2.75. The summed E-state index contributed by atoms with van der Waals surface area (Å²) < 4.78 is 22.7. The number of hydrogen-bond donors (Lipinski definition) is 3. The van der Waals surface area contributed by atoms with Crippen molar-refractivity contribution in [1.82, 2.24) is 5.32 Å². The van der Waals surface area contributed by atoms with Crippen LogP contribution >= 0.6 is 0 Å². The molecule has 10 atom stereocenters. The van der Waals surface area contributed by atoms with Crippen LogP contribution in [0.1, 0.15) is 98.8 Å². The Bertz CT molecular complexity index is 953. The Labute approximate surface area is 219 Å². The fourth-order valence-electron chi connectivity index (χ4n) is 9.88. The molecule has 0 aromatic carbocycles. The monoisotopic (exact) mass is 525 g/mol. The van der Waals surface area contributed by atoms with E-state index in [1.807, 2.05) is 0 Å². The third kappa shape index (κ3) is 4.47. The summed E-state index contributed by atoms with van der Waals surface area (Å²) in [5, 5.41) is 24.8. The number of nitrogens with one attached hydrogen (secondary N) is 1. The molecular weight excluding hydrogens is 474 g/mol. The Morgan fingerprint density at radius 3 is 2.31 bits per heavy atom. The minimum atomic E-state index is -3.08. The second-order valence-corrected chi connectivity index (χ2v) is 16.4. The summed E-state index contributed by atoms with van der Waals surface area (Å²) in [5.41, 5.74) is 0.494. The number of aliphatic hydroxyl groups is 2. The van der Waals surface area contributed by atoms with Crippen molar-refractivity contribution in [2.24, 2.45) is 45.3 Å². The minimum absolute atomic E-state index is 0.0209. The van der Waals surface area contributed by atoms with Gasteiger partial charge in [0.25, 0.3) is 0 Å². The summed E-state index contributed by atoms with van der Waals surface area (Å²) in [6.07, 6.45) is 10.0. The number of hydrogen-bond acceptors (Lipinski definition) is 5. The first-order chi connectivity index (χ1) is 16.6. The van der Waals surface area contributed by atoms with Gasteiger partial charge in [-0.15, -0.1) is 0 Å². The number of rotatable bonds is 7. The van der Waals surface area contributed by atoms with Gasteiger partial charge >= 0.3 is 0 Å². The molecule has 1 amide bonds. The van der Waals surface area contributed by atoms with Gasteiger partial charge < -0.3 is 15.5 Å². The molecule has 0 aromatic heterocycles. The zero-order valence-electron chi connectivity index (χ0n) is 23.5. The maximum absolute atomic E-state index is 12.4. The van der Waals surface area contributed by atoms with Crippen molar-refractivity contribution in [1.29, 1.82) is 0 Å². The molecule has 4 rings (SSSR count). The normalized spacial score (nSPS) is 47.4. The second kappa shape index (κ2) is 9.51. The average Bonchev–Trinajstić information content (AvgIpc) is 3.05. The van der Waals surface area contributed by atoms with Crippen LogP contribution in [0.15, 0.2) is 0 Å². The van der Waals surface area contributed by atoms with Crippen LogP contribution < -0.4 is 5.32 Å². The van der Waals surface area contributed by atoms with Gasteiger partial charge in [-0.3, -0.25) is 4.79 Å². The minimum Gasteiger partial charge on any atom is -0.393 e. The zero-order chi connectivity index (χ0) is 26.7. The van der Waals surface area contributed by atoms with Crippen molar-refractivity contribution in [2.75, 3.05) is 18.6 Å². The van der Waals surface area contributed by atoms with Crippen LogP contribution in [0.4, 0.5) is 0 Å². The van der Waals surface area contributed by atoms with Crippen molar-refractivity contribution in [3.8, 4) is 0 Å². The van der Waals surface area contributed by atoms with Gasteiger partial charge in [-0.25, -0.2) is 8.42 Å². The molecule has 0 radical (unpaired) electrons. The number of carbonyl (C=O) groups is 1. The maximum Gasteiger partial charge on any atom is 0.220 e. The Balaban J connectivity index is 1.48. The average molecular weight is 526 g/mol. The van der Waals surface area contributed by atoms with Crippen LogP contribution in [-0.4, -0.2) is 55.3 Å². The van der Waals surface area contributed by atoms with Crippen LogP contribution in [0.2, 0.25) is 0 Å². The van der Waals surface area contributed by atoms with E-state index >= 15 is 0 Å². The Morgan fingerprint density at radius 2 is 1.64 bits per heavy atom. The van der Waals surface area contributed by atoms with Crippen LogP contribution in [0.25, 0.3) is 0 Å². The predicted molar refractivity (Wildman–Crippen MR) is 143 cm³/mol. The molecule has 36 heavy (non-hydrogen) atoms. The second-order valence-electron chi connectivity index (χ2n) is 14.2. The van der Waals surface area contributed by atoms with Gasteiger partial charge in [-0.2, -0.15) is 0 Å². The molecule has 0 saturated heterocycles. The first kappa shape index (κ1) is 28.4. The van der Waals surface area contributed by atoms with Crippen molar-refractivity contribution in [3.05, 3.63) is 0 Å². The van der Waals surface area contributed by atoms with Crippen LogP contribution in [0.5, 0.6) is 0 Å². The molecule has 4 saturated carbocycles. The van der Waals surface area contributed by atoms with Crippen molar-refractivity contribution in [3.63, 3.8) is 0 Å². The maximum atomic E-state index is 12.4. The Morgan fingerprint density at radius 1 is 0.972 bits per heavy atom. The van der Waals surface area contributed by atoms with Gasteiger partial charge in [0.05, 0.1) is 18.0 Å². The van der Waals surface area contributed by atoms with Crippen molar-refractivity contribution >= 4 is 15.7 Å². The van der Waals surface area contributed by atoms with E-state index < -0.39 is 9.84 Å². The van der Waals surface area contributed by atoms with Gasteiger partial charge in [-0.1, -0.05) is 34.6 Å². The summed E-state index contributed by atoms with van der Waals surface area (Å²) in [7, 11) is -3.08. The SMILES string of the molecule is C[C@H](CCC(=O)NCCS(C)(=O)=O)[C@@]1(C)CC[C@H]2[C@@H]3[C@H](O)C[C@@H]4C[C@H](O)CC[C@]4(C)[C@@]3(C)CC[C@@]21C. The standard InChI is InChI=1S/C29H51NO5S/c1-19(7-8-24(33)30-15-16-36(6,34)35)26(2)12-10-22-25-23(32)18-20-17-21(31)9-11-27(20,3)29(25,5)14-13-28(22,26)4/h19-23,25,31-32H,7-18H2,1-6H3,(H,30,33)/t19-,20+,21-,22+,23-,25-,26-,27+,28+,29+/m1/s1. The quantitative estimate of drug-likeness (QED) is 0.459. The highest BCUT2D eigenvalue weighted by atomic mass is 32.2. The fraction of sp³-hybridized carbons (Fsp3) is 0.966. The summed E-state index contributed by atoms with van der Waals surface area (Å²) in [4.78, 5) is 12.4. The lowest BCUT2D eigenvalue weighted by molar-refractivity contribution is -0.230. The number of fused-ring (bicyclic) bond motifs is 5. The molecule has 0 aliphatic heterocycles. The van der Waals surface area contributed by atoms with E-state index in [9.17, 15) is 23.4 Å². The van der Waals surface area contributed by atoms with E-state index in [0.717, 1.165) is 57.8 Å². The topological polar surface area (TPSA) is 104 Å². The molecule has 0 bridgehead atoms.